The second-order valence-corrected chi connectivity index (χ2v) is 6.38. The highest BCUT2D eigenvalue weighted by atomic mass is 32.2. The van der Waals surface area contributed by atoms with Gasteiger partial charge in [-0.1, -0.05) is 0 Å². The molecule has 1 aromatic carbocycles. The summed E-state index contributed by atoms with van der Waals surface area (Å²) in [5, 5.41) is 3.06. The fourth-order valence-electron chi connectivity index (χ4n) is 2.07. The minimum Gasteiger partial charge on any atom is -0.315 e. The van der Waals surface area contributed by atoms with Crippen molar-refractivity contribution < 1.29 is 17.2 Å². The van der Waals surface area contributed by atoms with E-state index in [1.54, 1.807) is 0 Å². The topological polar surface area (TPSA) is 58.2 Å². The first-order chi connectivity index (χ1) is 8.90. The largest absolute Gasteiger partial charge is 0.315 e. The Bertz CT molecular complexity index is 569. The van der Waals surface area contributed by atoms with E-state index in [0.29, 0.717) is 19.0 Å². The fraction of sp³-hybridized carbons (Fsp3) is 0.500. The summed E-state index contributed by atoms with van der Waals surface area (Å²) in [6.07, 6.45) is 1.56. The van der Waals surface area contributed by atoms with Crippen molar-refractivity contribution in [2.24, 2.45) is 0 Å². The lowest BCUT2D eigenvalue weighted by molar-refractivity contribution is 0.427. The second-order valence-electron chi connectivity index (χ2n) is 4.70. The van der Waals surface area contributed by atoms with Crippen molar-refractivity contribution in [3.05, 3.63) is 29.3 Å². The number of sulfonamides is 1. The number of hydrogen-bond acceptors (Lipinski definition) is 3. The average Bonchev–Trinajstić information content (AvgIpc) is 2.34. The molecule has 1 saturated heterocycles. The van der Waals surface area contributed by atoms with E-state index in [9.17, 15) is 17.2 Å². The number of nitrogens with one attached hydrogen (secondary N) is 2. The van der Waals surface area contributed by atoms with E-state index in [4.69, 9.17) is 0 Å². The van der Waals surface area contributed by atoms with Crippen LogP contribution in [-0.2, 0) is 10.0 Å². The predicted molar refractivity (Wildman–Crippen MR) is 67.3 cm³/mol. The molecule has 0 bridgehead atoms. The zero-order chi connectivity index (χ0) is 14.0. The van der Waals surface area contributed by atoms with Gasteiger partial charge >= 0.3 is 0 Å². The number of halogens is 2. The molecule has 0 unspecified atom stereocenters. The fourth-order valence-corrected chi connectivity index (χ4v) is 3.49. The van der Waals surface area contributed by atoms with E-state index in [1.807, 2.05) is 0 Å². The van der Waals surface area contributed by atoms with Crippen molar-refractivity contribution in [3.63, 3.8) is 0 Å². The van der Waals surface area contributed by atoms with E-state index >= 15 is 0 Å². The Morgan fingerprint density at radius 1 is 1.32 bits per heavy atom. The molecule has 1 heterocycles. The Labute approximate surface area is 111 Å². The predicted octanol–water partition coefficient (Wildman–Crippen LogP) is 1.30. The molecule has 2 N–H and O–H groups in total. The Morgan fingerprint density at radius 3 is 2.68 bits per heavy atom. The second kappa shape index (κ2) is 5.52. The first-order valence-corrected chi connectivity index (χ1v) is 7.57. The molecular formula is C12H16F2N2O2S. The van der Waals surface area contributed by atoms with Crippen molar-refractivity contribution in [3.8, 4) is 0 Å². The van der Waals surface area contributed by atoms with Gasteiger partial charge in [0, 0.05) is 18.7 Å². The summed E-state index contributed by atoms with van der Waals surface area (Å²) in [4.78, 5) is -0.503. The Balaban J connectivity index is 2.26. The van der Waals surface area contributed by atoms with Crippen molar-refractivity contribution in [2.75, 3.05) is 13.1 Å². The smallest absolute Gasteiger partial charge is 0.243 e. The van der Waals surface area contributed by atoms with Gasteiger partial charge in [-0.05, 0) is 37.9 Å². The molecule has 0 aliphatic carbocycles. The minimum absolute atomic E-state index is 0.101. The van der Waals surface area contributed by atoms with Crippen LogP contribution in [0.2, 0.25) is 0 Å². The quantitative estimate of drug-likeness (QED) is 0.882. The lowest BCUT2D eigenvalue weighted by Gasteiger charge is -2.23. The van der Waals surface area contributed by atoms with Crippen LogP contribution < -0.4 is 10.0 Å². The molecule has 1 aromatic rings. The normalized spacial score (nSPS) is 20.5. The summed E-state index contributed by atoms with van der Waals surface area (Å²) in [7, 11) is -3.96. The van der Waals surface area contributed by atoms with Gasteiger partial charge in [-0.15, -0.1) is 0 Å². The monoisotopic (exact) mass is 290 g/mol. The zero-order valence-corrected chi connectivity index (χ0v) is 11.4. The maximum Gasteiger partial charge on any atom is 0.243 e. The van der Waals surface area contributed by atoms with Gasteiger partial charge in [-0.2, -0.15) is 0 Å². The van der Waals surface area contributed by atoms with Gasteiger partial charge in [0.15, 0.2) is 0 Å². The molecule has 106 valence electrons. The van der Waals surface area contributed by atoms with Gasteiger partial charge in [0.05, 0.1) is 0 Å². The molecule has 1 aliphatic rings. The molecule has 0 amide bonds. The lowest BCUT2D eigenvalue weighted by Crippen LogP contribution is -2.45. The first kappa shape index (κ1) is 14.4. The molecule has 1 atom stereocenters. The summed E-state index contributed by atoms with van der Waals surface area (Å²) >= 11 is 0. The molecular weight excluding hydrogens is 274 g/mol. The van der Waals surface area contributed by atoms with Crippen molar-refractivity contribution >= 4 is 10.0 Å². The standard InChI is InChI=1S/C12H16F2N2O2S/c1-8-5-12(11(14)6-10(8)13)19(17,18)16-9-3-2-4-15-7-9/h5-6,9,15-16H,2-4,7H2,1H3/t9-/m1/s1. The van der Waals surface area contributed by atoms with Crippen LogP contribution in [-0.4, -0.2) is 27.5 Å². The highest BCUT2D eigenvalue weighted by Gasteiger charge is 2.25. The van der Waals surface area contributed by atoms with Gasteiger partial charge in [-0.25, -0.2) is 21.9 Å². The Hall–Kier alpha value is -1.05. The van der Waals surface area contributed by atoms with Crippen LogP contribution in [0.1, 0.15) is 18.4 Å². The van der Waals surface area contributed by atoms with Crippen molar-refractivity contribution in [2.45, 2.75) is 30.7 Å². The molecule has 0 saturated carbocycles. The van der Waals surface area contributed by atoms with E-state index in [0.717, 1.165) is 19.0 Å². The molecule has 2 rings (SSSR count). The SMILES string of the molecule is Cc1cc(S(=O)(=O)N[C@@H]2CCCNC2)c(F)cc1F. The first-order valence-electron chi connectivity index (χ1n) is 6.09. The molecule has 0 spiro atoms. The van der Waals surface area contributed by atoms with E-state index in [1.165, 1.54) is 6.92 Å². The van der Waals surface area contributed by atoms with Gasteiger partial charge in [0.25, 0.3) is 0 Å². The van der Waals surface area contributed by atoms with Gasteiger partial charge in [-0.3, -0.25) is 0 Å². The molecule has 1 aliphatic heterocycles. The number of rotatable bonds is 3. The molecule has 0 radical (unpaired) electrons. The maximum absolute atomic E-state index is 13.6. The number of aryl methyl sites for hydroxylation is 1. The third-order valence-electron chi connectivity index (χ3n) is 3.12. The van der Waals surface area contributed by atoms with Crippen LogP contribution in [0.3, 0.4) is 0 Å². The van der Waals surface area contributed by atoms with Crippen LogP contribution in [0.25, 0.3) is 0 Å². The van der Waals surface area contributed by atoms with Crippen LogP contribution in [0.4, 0.5) is 8.78 Å². The summed E-state index contributed by atoms with van der Waals surface area (Å²) < 4.78 is 53.4. The van der Waals surface area contributed by atoms with Crippen LogP contribution in [0, 0.1) is 18.6 Å². The summed E-state index contributed by atoms with van der Waals surface area (Å²) in [5.74, 6) is -1.82. The van der Waals surface area contributed by atoms with Gasteiger partial charge < -0.3 is 5.32 Å². The molecule has 1 fully saturated rings. The zero-order valence-electron chi connectivity index (χ0n) is 10.5. The third-order valence-corrected chi connectivity index (χ3v) is 4.66. The highest BCUT2D eigenvalue weighted by molar-refractivity contribution is 7.89. The lowest BCUT2D eigenvalue weighted by atomic mass is 10.1. The van der Waals surface area contributed by atoms with E-state index in [-0.39, 0.29) is 11.6 Å². The van der Waals surface area contributed by atoms with Crippen LogP contribution in [0.5, 0.6) is 0 Å². The summed E-state index contributed by atoms with van der Waals surface area (Å²) in [5.41, 5.74) is 0.101. The number of benzene rings is 1. The number of piperidine rings is 1. The summed E-state index contributed by atoms with van der Waals surface area (Å²) in [6, 6.07) is 1.36. The minimum atomic E-state index is -3.96. The molecule has 0 aromatic heterocycles. The van der Waals surface area contributed by atoms with Crippen LogP contribution in [0.15, 0.2) is 17.0 Å². The highest BCUT2D eigenvalue weighted by Crippen LogP contribution is 2.19. The van der Waals surface area contributed by atoms with Crippen LogP contribution >= 0.6 is 0 Å². The molecule has 4 nitrogen and oxygen atoms in total. The van der Waals surface area contributed by atoms with E-state index in [2.05, 4.69) is 10.0 Å². The third kappa shape index (κ3) is 3.29. The average molecular weight is 290 g/mol. The molecule has 7 heteroatoms. The summed E-state index contributed by atoms with van der Waals surface area (Å²) in [6.45, 7) is 2.76. The number of hydrogen-bond donors (Lipinski definition) is 2. The van der Waals surface area contributed by atoms with Crippen molar-refractivity contribution in [1.29, 1.82) is 0 Å². The molecule has 19 heavy (non-hydrogen) atoms. The maximum atomic E-state index is 13.6. The van der Waals surface area contributed by atoms with Crippen molar-refractivity contribution in [1.82, 2.24) is 10.0 Å². The van der Waals surface area contributed by atoms with E-state index < -0.39 is 26.6 Å². The van der Waals surface area contributed by atoms with Gasteiger partial charge in [0.1, 0.15) is 16.5 Å². The Kier molecular flexibility index (Phi) is 4.17. The Morgan fingerprint density at radius 2 is 2.05 bits per heavy atom. The van der Waals surface area contributed by atoms with Gasteiger partial charge in [0.2, 0.25) is 10.0 Å².